The van der Waals surface area contributed by atoms with E-state index in [1.165, 1.54) is 23.1 Å². The standard InChI is InChI=1S/C20H26O3/c1-13-7-10-16-19-14(6-5-11-22-16)8-9-15(18(13)19)12-17(21)23-20(2,3)4/h7,10,12,14H,5-6,8-9,11H2,1-4H3/b15-12+. The maximum atomic E-state index is 12.2. The number of rotatable bonds is 1. The van der Waals surface area contributed by atoms with Crippen LogP contribution < -0.4 is 4.74 Å². The monoisotopic (exact) mass is 314 g/mol. The summed E-state index contributed by atoms with van der Waals surface area (Å²) in [5, 5.41) is 0. The number of carbonyl (C=O) groups excluding carboxylic acids is 1. The number of esters is 1. The van der Waals surface area contributed by atoms with E-state index in [4.69, 9.17) is 9.47 Å². The molecule has 1 atom stereocenters. The van der Waals surface area contributed by atoms with Crippen molar-refractivity contribution in [3.63, 3.8) is 0 Å². The number of benzene rings is 1. The summed E-state index contributed by atoms with van der Waals surface area (Å²) in [5.41, 5.74) is 4.37. The molecule has 0 saturated carbocycles. The van der Waals surface area contributed by atoms with E-state index in [-0.39, 0.29) is 5.97 Å². The molecule has 0 spiro atoms. The third-order valence-corrected chi connectivity index (χ3v) is 4.56. The van der Waals surface area contributed by atoms with Crippen LogP contribution in [-0.4, -0.2) is 18.2 Å². The average molecular weight is 314 g/mol. The first-order valence-electron chi connectivity index (χ1n) is 8.55. The molecule has 1 aliphatic carbocycles. The van der Waals surface area contributed by atoms with Crippen molar-refractivity contribution in [3.05, 3.63) is 34.9 Å². The van der Waals surface area contributed by atoms with Crippen LogP contribution in [0.5, 0.6) is 5.75 Å². The summed E-state index contributed by atoms with van der Waals surface area (Å²) < 4.78 is 11.4. The van der Waals surface area contributed by atoms with Gasteiger partial charge in [0.15, 0.2) is 0 Å². The fraction of sp³-hybridized carbons (Fsp3) is 0.550. The van der Waals surface area contributed by atoms with Gasteiger partial charge in [0.1, 0.15) is 11.4 Å². The minimum absolute atomic E-state index is 0.252. The molecule has 0 fully saturated rings. The lowest BCUT2D eigenvalue weighted by Crippen LogP contribution is -2.23. The van der Waals surface area contributed by atoms with E-state index in [0.717, 1.165) is 37.2 Å². The van der Waals surface area contributed by atoms with Crippen LogP contribution in [0.1, 0.15) is 69.1 Å². The van der Waals surface area contributed by atoms with Crippen molar-refractivity contribution in [1.29, 1.82) is 0 Å². The summed E-state index contributed by atoms with van der Waals surface area (Å²) in [7, 11) is 0. The number of allylic oxidation sites excluding steroid dienone is 1. The topological polar surface area (TPSA) is 35.5 Å². The van der Waals surface area contributed by atoms with E-state index in [2.05, 4.69) is 19.1 Å². The van der Waals surface area contributed by atoms with Crippen LogP contribution in [0.3, 0.4) is 0 Å². The Morgan fingerprint density at radius 2 is 2.09 bits per heavy atom. The summed E-state index contributed by atoms with van der Waals surface area (Å²) >= 11 is 0. The Morgan fingerprint density at radius 3 is 2.83 bits per heavy atom. The Hall–Kier alpha value is -1.77. The van der Waals surface area contributed by atoms with Gasteiger partial charge in [0.05, 0.1) is 6.61 Å². The number of hydrogen-bond donors (Lipinski definition) is 0. The number of ether oxygens (including phenoxy) is 2. The second-order valence-corrected chi connectivity index (χ2v) is 7.60. The van der Waals surface area contributed by atoms with Gasteiger partial charge in [0.2, 0.25) is 0 Å². The zero-order valence-corrected chi connectivity index (χ0v) is 14.6. The number of aryl methyl sites for hydroxylation is 1. The Labute approximate surface area is 138 Å². The second kappa shape index (κ2) is 6.03. The van der Waals surface area contributed by atoms with Gasteiger partial charge in [-0.25, -0.2) is 4.79 Å². The van der Waals surface area contributed by atoms with Crippen molar-refractivity contribution in [1.82, 2.24) is 0 Å². The van der Waals surface area contributed by atoms with Gasteiger partial charge >= 0.3 is 5.97 Å². The molecule has 1 unspecified atom stereocenters. The van der Waals surface area contributed by atoms with Crippen molar-refractivity contribution in [2.24, 2.45) is 0 Å². The molecule has 3 nitrogen and oxygen atoms in total. The molecule has 3 rings (SSSR count). The summed E-state index contributed by atoms with van der Waals surface area (Å²) in [4.78, 5) is 12.2. The Morgan fingerprint density at radius 1 is 1.30 bits per heavy atom. The van der Waals surface area contributed by atoms with Crippen LogP contribution in [-0.2, 0) is 9.53 Å². The van der Waals surface area contributed by atoms with E-state index in [1.54, 1.807) is 6.08 Å². The molecule has 0 aromatic heterocycles. The van der Waals surface area contributed by atoms with Gasteiger partial charge in [0.25, 0.3) is 0 Å². The van der Waals surface area contributed by atoms with Crippen molar-refractivity contribution in [3.8, 4) is 5.75 Å². The van der Waals surface area contributed by atoms with E-state index >= 15 is 0 Å². The molecule has 124 valence electrons. The molecule has 1 aliphatic heterocycles. The average Bonchev–Trinajstić information content (AvgIpc) is 2.65. The number of hydrogen-bond acceptors (Lipinski definition) is 3. The number of carbonyl (C=O) groups is 1. The fourth-order valence-electron chi connectivity index (χ4n) is 3.68. The Kier molecular flexibility index (Phi) is 4.22. The smallest absolute Gasteiger partial charge is 0.331 e. The van der Waals surface area contributed by atoms with Gasteiger partial charge in [-0.3, -0.25) is 0 Å². The third kappa shape index (κ3) is 3.44. The summed E-state index contributed by atoms with van der Waals surface area (Å²) in [5.74, 6) is 1.30. The molecule has 23 heavy (non-hydrogen) atoms. The highest BCUT2D eigenvalue weighted by atomic mass is 16.6. The van der Waals surface area contributed by atoms with Gasteiger partial charge in [-0.05, 0) is 82.1 Å². The Bertz CT molecular complexity index is 650. The van der Waals surface area contributed by atoms with Gasteiger partial charge < -0.3 is 9.47 Å². The Balaban J connectivity index is 2.02. The van der Waals surface area contributed by atoms with Crippen LogP contribution in [0.2, 0.25) is 0 Å². The molecule has 3 heteroatoms. The summed E-state index contributed by atoms with van der Waals surface area (Å²) in [6.45, 7) is 8.60. The molecule has 0 saturated heterocycles. The molecule has 1 heterocycles. The summed E-state index contributed by atoms with van der Waals surface area (Å²) in [6, 6.07) is 4.19. The maximum absolute atomic E-state index is 12.2. The molecular weight excluding hydrogens is 288 g/mol. The normalized spacial score (nSPS) is 22.1. The lowest BCUT2D eigenvalue weighted by Gasteiger charge is -2.29. The van der Waals surface area contributed by atoms with E-state index in [9.17, 15) is 4.79 Å². The van der Waals surface area contributed by atoms with Crippen LogP contribution in [0.4, 0.5) is 0 Å². The quantitative estimate of drug-likeness (QED) is 0.553. The van der Waals surface area contributed by atoms with E-state index in [1.807, 2.05) is 20.8 Å². The van der Waals surface area contributed by atoms with Crippen LogP contribution in [0, 0.1) is 6.92 Å². The first-order valence-corrected chi connectivity index (χ1v) is 8.55. The lowest BCUT2D eigenvalue weighted by atomic mass is 9.76. The van der Waals surface area contributed by atoms with Gasteiger partial charge in [-0.1, -0.05) is 6.07 Å². The second-order valence-electron chi connectivity index (χ2n) is 7.60. The summed E-state index contributed by atoms with van der Waals surface area (Å²) in [6.07, 6.45) is 5.98. The molecule has 0 bridgehead atoms. The zero-order chi connectivity index (χ0) is 16.6. The van der Waals surface area contributed by atoms with Crippen molar-refractivity contribution in [2.45, 2.75) is 64.9 Å². The van der Waals surface area contributed by atoms with E-state index in [0.29, 0.717) is 5.92 Å². The lowest BCUT2D eigenvalue weighted by molar-refractivity contribution is -0.148. The molecule has 1 aromatic carbocycles. The molecule has 0 amide bonds. The first-order chi connectivity index (χ1) is 10.8. The zero-order valence-electron chi connectivity index (χ0n) is 14.6. The predicted molar refractivity (Wildman–Crippen MR) is 91.7 cm³/mol. The van der Waals surface area contributed by atoms with Crippen LogP contribution >= 0.6 is 0 Å². The largest absolute Gasteiger partial charge is 0.493 e. The van der Waals surface area contributed by atoms with Crippen LogP contribution in [0.25, 0.3) is 5.57 Å². The predicted octanol–water partition coefficient (Wildman–Crippen LogP) is 4.77. The minimum atomic E-state index is -0.461. The third-order valence-electron chi connectivity index (χ3n) is 4.56. The fourth-order valence-corrected chi connectivity index (χ4v) is 3.68. The van der Waals surface area contributed by atoms with Gasteiger partial charge in [0, 0.05) is 11.6 Å². The first kappa shape index (κ1) is 16.1. The van der Waals surface area contributed by atoms with Gasteiger partial charge in [-0.2, -0.15) is 0 Å². The van der Waals surface area contributed by atoms with Crippen molar-refractivity contribution >= 4 is 11.5 Å². The minimum Gasteiger partial charge on any atom is -0.493 e. The van der Waals surface area contributed by atoms with Crippen molar-refractivity contribution < 1.29 is 14.3 Å². The highest BCUT2D eigenvalue weighted by Crippen LogP contribution is 2.47. The highest BCUT2D eigenvalue weighted by Gasteiger charge is 2.30. The SMILES string of the molecule is Cc1ccc2c3c1/C(=C/C(=O)OC(C)(C)C)CCC3CCCO2. The molecular formula is C20H26O3. The van der Waals surface area contributed by atoms with Gasteiger partial charge in [-0.15, -0.1) is 0 Å². The van der Waals surface area contributed by atoms with E-state index < -0.39 is 5.60 Å². The molecule has 0 N–H and O–H groups in total. The molecule has 0 radical (unpaired) electrons. The van der Waals surface area contributed by atoms with Crippen LogP contribution in [0.15, 0.2) is 18.2 Å². The highest BCUT2D eigenvalue weighted by molar-refractivity contribution is 5.93. The molecule has 1 aromatic rings. The maximum Gasteiger partial charge on any atom is 0.331 e. The molecule has 2 aliphatic rings. The van der Waals surface area contributed by atoms with Crippen molar-refractivity contribution in [2.75, 3.05) is 6.61 Å².